The molecule has 0 saturated carbocycles. The van der Waals surface area contributed by atoms with Crippen molar-refractivity contribution in [3.8, 4) is 0 Å². The number of aliphatic hydroxyl groups excluding tert-OH is 1. The number of hydrogen-bond acceptors (Lipinski definition) is 3. The maximum Gasteiger partial charge on any atom is 0.302 e. The quantitative estimate of drug-likeness (QED) is 0.771. The molecule has 0 aliphatic rings. The summed E-state index contributed by atoms with van der Waals surface area (Å²) in [6.07, 6.45) is 0. The van der Waals surface area contributed by atoms with Gasteiger partial charge in [0, 0.05) is 6.92 Å². The number of carbonyl (C=O) groups excluding carboxylic acids is 1. The van der Waals surface area contributed by atoms with Crippen molar-refractivity contribution in [2.75, 3.05) is 0 Å². The molecule has 1 aromatic rings. The molecule has 0 atom stereocenters. The van der Waals surface area contributed by atoms with Crippen molar-refractivity contribution in [1.82, 2.24) is 0 Å². The second kappa shape index (κ2) is 4.94. The Hall–Kier alpha value is -1.35. The lowest BCUT2D eigenvalue weighted by molar-refractivity contribution is -0.142. The molecule has 0 aliphatic carbocycles. The van der Waals surface area contributed by atoms with Gasteiger partial charge in [-0.15, -0.1) is 0 Å². The van der Waals surface area contributed by atoms with Crippen LogP contribution in [0.1, 0.15) is 29.2 Å². The molecule has 0 aromatic heterocycles. The number of ether oxygens (including phenoxy) is 1. The number of aliphatic hydroxyl groups is 1. The summed E-state index contributed by atoms with van der Waals surface area (Å²) < 4.78 is 4.92. The highest BCUT2D eigenvalue weighted by Crippen LogP contribution is 2.17. The molecular formula is C12H16O3. The van der Waals surface area contributed by atoms with Crippen molar-refractivity contribution in [3.63, 3.8) is 0 Å². The summed E-state index contributed by atoms with van der Waals surface area (Å²) in [6, 6.07) is 3.87. The first-order valence-corrected chi connectivity index (χ1v) is 4.87. The molecule has 0 fully saturated rings. The number of esters is 1. The Morgan fingerprint density at radius 3 is 2.27 bits per heavy atom. The van der Waals surface area contributed by atoms with E-state index in [1.165, 1.54) is 6.92 Å². The van der Waals surface area contributed by atoms with Gasteiger partial charge >= 0.3 is 5.97 Å². The first kappa shape index (κ1) is 11.7. The normalized spacial score (nSPS) is 10.1. The molecule has 0 saturated heterocycles. The Morgan fingerprint density at radius 1 is 1.27 bits per heavy atom. The molecule has 3 heteroatoms. The van der Waals surface area contributed by atoms with Gasteiger partial charge in [0.1, 0.15) is 6.61 Å². The Labute approximate surface area is 89.7 Å². The van der Waals surface area contributed by atoms with Gasteiger partial charge in [0.25, 0.3) is 0 Å². The van der Waals surface area contributed by atoms with Crippen LogP contribution in [-0.4, -0.2) is 11.1 Å². The van der Waals surface area contributed by atoms with Gasteiger partial charge in [-0.05, 0) is 36.1 Å². The third-order valence-corrected chi connectivity index (χ3v) is 2.42. The lowest BCUT2D eigenvalue weighted by atomic mass is 10.0. The van der Waals surface area contributed by atoms with Gasteiger partial charge in [-0.1, -0.05) is 12.1 Å². The van der Waals surface area contributed by atoms with Gasteiger partial charge in [-0.3, -0.25) is 4.79 Å². The van der Waals surface area contributed by atoms with E-state index in [0.717, 1.165) is 22.3 Å². The Kier molecular flexibility index (Phi) is 3.86. The highest BCUT2D eigenvalue weighted by molar-refractivity contribution is 5.66. The smallest absolute Gasteiger partial charge is 0.302 e. The minimum atomic E-state index is -0.308. The van der Waals surface area contributed by atoms with Crippen molar-refractivity contribution in [1.29, 1.82) is 0 Å². The van der Waals surface area contributed by atoms with Crippen LogP contribution in [0.4, 0.5) is 0 Å². The van der Waals surface area contributed by atoms with Crippen LogP contribution in [0.25, 0.3) is 0 Å². The highest BCUT2D eigenvalue weighted by Gasteiger charge is 2.06. The third-order valence-electron chi connectivity index (χ3n) is 2.42. The molecule has 1 rings (SSSR count). The van der Waals surface area contributed by atoms with Crippen molar-refractivity contribution < 1.29 is 14.6 Å². The number of hydrogen-bond donors (Lipinski definition) is 1. The molecule has 0 bridgehead atoms. The van der Waals surface area contributed by atoms with Crippen LogP contribution < -0.4 is 0 Å². The van der Waals surface area contributed by atoms with Gasteiger partial charge in [0.05, 0.1) is 6.61 Å². The summed E-state index contributed by atoms with van der Waals surface area (Å²) in [6.45, 7) is 5.56. The van der Waals surface area contributed by atoms with Gasteiger partial charge in [-0.25, -0.2) is 0 Å². The van der Waals surface area contributed by atoms with Crippen molar-refractivity contribution >= 4 is 5.97 Å². The maximum absolute atomic E-state index is 10.7. The lowest BCUT2D eigenvalue weighted by Crippen LogP contribution is -2.03. The average Bonchev–Trinajstić information content (AvgIpc) is 2.19. The van der Waals surface area contributed by atoms with Crippen LogP contribution in [0.2, 0.25) is 0 Å². The molecule has 0 heterocycles. The van der Waals surface area contributed by atoms with E-state index in [9.17, 15) is 4.79 Å². The molecule has 0 radical (unpaired) electrons. The molecule has 3 nitrogen and oxygen atoms in total. The second-order valence-electron chi connectivity index (χ2n) is 3.64. The van der Waals surface area contributed by atoms with E-state index in [4.69, 9.17) is 9.84 Å². The standard InChI is InChI=1S/C12H16O3/c1-8-4-11(6-13)12(5-9(8)2)7-15-10(3)14/h4-5,13H,6-7H2,1-3H3. The van der Waals surface area contributed by atoms with Crippen molar-refractivity contribution in [2.45, 2.75) is 34.0 Å². The van der Waals surface area contributed by atoms with E-state index in [1.54, 1.807) is 0 Å². The number of rotatable bonds is 3. The molecule has 0 unspecified atom stereocenters. The van der Waals surface area contributed by atoms with Crippen LogP contribution in [0.5, 0.6) is 0 Å². The molecule has 15 heavy (non-hydrogen) atoms. The van der Waals surface area contributed by atoms with Crippen LogP contribution in [-0.2, 0) is 22.7 Å². The first-order chi connectivity index (χ1) is 7.04. The minimum Gasteiger partial charge on any atom is -0.461 e. The summed E-state index contributed by atoms with van der Waals surface area (Å²) in [5.74, 6) is -0.308. The van der Waals surface area contributed by atoms with E-state index >= 15 is 0 Å². The Morgan fingerprint density at radius 2 is 1.80 bits per heavy atom. The summed E-state index contributed by atoms with van der Waals surface area (Å²) in [4.78, 5) is 10.7. The van der Waals surface area contributed by atoms with E-state index in [2.05, 4.69) is 0 Å². The Bertz CT molecular complexity index is 369. The summed E-state index contributed by atoms with van der Waals surface area (Å²) in [5.41, 5.74) is 3.95. The van der Waals surface area contributed by atoms with Gasteiger partial charge in [0.2, 0.25) is 0 Å². The molecule has 1 aromatic carbocycles. The zero-order valence-electron chi connectivity index (χ0n) is 9.33. The predicted octanol–water partition coefficient (Wildman–Crippen LogP) is 1.86. The van der Waals surface area contributed by atoms with Crippen LogP contribution >= 0.6 is 0 Å². The summed E-state index contributed by atoms with van der Waals surface area (Å²) >= 11 is 0. The number of benzene rings is 1. The largest absolute Gasteiger partial charge is 0.461 e. The topological polar surface area (TPSA) is 46.5 Å². The van der Waals surface area contributed by atoms with E-state index in [0.29, 0.717) is 0 Å². The Balaban J connectivity index is 2.94. The van der Waals surface area contributed by atoms with Gasteiger partial charge in [0.15, 0.2) is 0 Å². The fourth-order valence-corrected chi connectivity index (χ4v) is 1.40. The van der Waals surface area contributed by atoms with Crippen molar-refractivity contribution in [2.24, 2.45) is 0 Å². The molecule has 0 amide bonds. The van der Waals surface area contributed by atoms with Crippen LogP contribution in [0.3, 0.4) is 0 Å². The fraction of sp³-hybridized carbons (Fsp3) is 0.417. The SMILES string of the molecule is CC(=O)OCc1cc(C)c(C)cc1CO. The van der Waals surface area contributed by atoms with Crippen LogP contribution in [0, 0.1) is 13.8 Å². The molecule has 1 N–H and O–H groups in total. The summed E-state index contributed by atoms with van der Waals surface area (Å²) in [7, 11) is 0. The summed E-state index contributed by atoms with van der Waals surface area (Å²) in [5, 5.41) is 9.16. The predicted molar refractivity (Wildman–Crippen MR) is 57.3 cm³/mol. The zero-order chi connectivity index (χ0) is 11.4. The first-order valence-electron chi connectivity index (χ1n) is 4.87. The average molecular weight is 208 g/mol. The molecule has 0 aliphatic heterocycles. The van der Waals surface area contributed by atoms with Crippen molar-refractivity contribution in [3.05, 3.63) is 34.4 Å². The number of aryl methyl sites for hydroxylation is 2. The molecular weight excluding hydrogens is 192 g/mol. The van der Waals surface area contributed by atoms with Gasteiger partial charge < -0.3 is 9.84 Å². The fourth-order valence-electron chi connectivity index (χ4n) is 1.40. The lowest BCUT2D eigenvalue weighted by Gasteiger charge is -2.10. The molecule has 0 spiro atoms. The van der Waals surface area contributed by atoms with E-state index in [1.807, 2.05) is 26.0 Å². The third kappa shape index (κ3) is 3.06. The van der Waals surface area contributed by atoms with Crippen LogP contribution in [0.15, 0.2) is 12.1 Å². The minimum absolute atomic E-state index is 0.0300. The van der Waals surface area contributed by atoms with E-state index < -0.39 is 0 Å². The molecule has 82 valence electrons. The number of carbonyl (C=O) groups is 1. The van der Waals surface area contributed by atoms with E-state index in [-0.39, 0.29) is 19.2 Å². The highest BCUT2D eigenvalue weighted by atomic mass is 16.5. The zero-order valence-corrected chi connectivity index (χ0v) is 9.33. The second-order valence-corrected chi connectivity index (χ2v) is 3.64. The van der Waals surface area contributed by atoms with Gasteiger partial charge in [-0.2, -0.15) is 0 Å². The maximum atomic E-state index is 10.7. The monoisotopic (exact) mass is 208 g/mol.